The molecule has 0 spiro atoms. The predicted octanol–water partition coefficient (Wildman–Crippen LogP) is 4.03. The Kier molecular flexibility index (Phi) is 8.72. The molecule has 192 valence electrons. The van der Waals surface area contributed by atoms with Crippen molar-refractivity contribution in [3.8, 4) is 5.75 Å². The summed E-state index contributed by atoms with van der Waals surface area (Å²) in [6, 6.07) is 17.4. The summed E-state index contributed by atoms with van der Waals surface area (Å²) in [5, 5.41) is 14.1. The van der Waals surface area contributed by atoms with Crippen LogP contribution in [0.5, 0.6) is 5.75 Å². The molecule has 0 radical (unpaired) electrons. The molecule has 3 N–H and O–H groups in total. The lowest BCUT2D eigenvalue weighted by Gasteiger charge is -2.25. The number of aliphatic hydroxyl groups is 1. The molecule has 2 atom stereocenters. The molecule has 1 unspecified atom stereocenters. The fourth-order valence-corrected chi connectivity index (χ4v) is 4.52. The van der Waals surface area contributed by atoms with Gasteiger partial charge in [0.25, 0.3) is 5.91 Å². The molecule has 10 heteroatoms. The van der Waals surface area contributed by atoms with Crippen LogP contribution in [0.2, 0.25) is 0 Å². The predicted molar refractivity (Wildman–Crippen MR) is 143 cm³/mol. The lowest BCUT2D eigenvalue weighted by Crippen LogP contribution is -2.48. The Morgan fingerprint density at radius 2 is 1.84 bits per heavy atom. The topological polar surface area (TPSA) is 108 Å². The molecular formula is C27H25FIN3O5. The smallest absolute Gasteiger partial charge is 0.325 e. The number of urea groups is 1. The normalized spacial score (nSPS) is 15.9. The number of aryl methyl sites for hydroxylation is 1. The standard InChI is InChI=1S/C27H25FIN3O5/c28-21-16-19(29)9-12-22(21)30-25(34)23(13-6-17-4-2-1-3-5-17)32-26(35)24(31-27(32)36)18-7-10-20(11-8-18)37-15-14-33/h1-5,7-12,16,23-24,33H,6,13-15H2,(H,30,34)(H,31,36)/t23?,24-/m1/s1. The second-order valence-electron chi connectivity index (χ2n) is 8.39. The Morgan fingerprint density at radius 3 is 2.51 bits per heavy atom. The fourth-order valence-electron chi connectivity index (χ4n) is 4.07. The third-order valence-electron chi connectivity index (χ3n) is 5.90. The molecule has 8 nitrogen and oxygen atoms in total. The summed E-state index contributed by atoms with van der Waals surface area (Å²) in [4.78, 5) is 40.7. The Balaban J connectivity index is 1.57. The van der Waals surface area contributed by atoms with E-state index in [0.717, 1.165) is 10.5 Å². The van der Waals surface area contributed by atoms with E-state index in [1.165, 1.54) is 12.1 Å². The molecule has 1 heterocycles. The zero-order valence-electron chi connectivity index (χ0n) is 19.7. The number of benzene rings is 3. The average molecular weight is 617 g/mol. The lowest BCUT2D eigenvalue weighted by molar-refractivity contribution is -0.134. The first-order valence-corrected chi connectivity index (χ1v) is 12.7. The first kappa shape index (κ1) is 26.6. The molecule has 0 saturated carbocycles. The van der Waals surface area contributed by atoms with Gasteiger partial charge in [-0.05, 0) is 76.9 Å². The number of hydrogen-bond acceptors (Lipinski definition) is 5. The molecule has 3 aromatic rings. The molecule has 37 heavy (non-hydrogen) atoms. The molecular weight excluding hydrogens is 592 g/mol. The van der Waals surface area contributed by atoms with E-state index in [9.17, 15) is 18.8 Å². The number of halogens is 2. The largest absolute Gasteiger partial charge is 0.491 e. The number of imide groups is 1. The van der Waals surface area contributed by atoms with Crippen molar-refractivity contribution in [3.63, 3.8) is 0 Å². The van der Waals surface area contributed by atoms with Gasteiger partial charge in [-0.2, -0.15) is 0 Å². The van der Waals surface area contributed by atoms with Crippen molar-refractivity contribution in [2.24, 2.45) is 0 Å². The molecule has 0 aromatic heterocycles. The van der Waals surface area contributed by atoms with Gasteiger partial charge in [-0.3, -0.25) is 9.59 Å². The third kappa shape index (κ3) is 6.44. The van der Waals surface area contributed by atoms with E-state index in [2.05, 4.69) is 10.6 Å². The average Bonchev–Trinajstić information content (AvgIpc) is 3.19. The molecule has 1 saturated heterocycles. The maximum absolute atomic E-state index is 14.4. The molecule has 1 aliphatic heterocycles. The Hall–Kier alpha value is -3.51. The summed E-state index contributed by atoms with van der Waals surface area (Å²) in [6.45, 7) is -0.00197. The Morgan fingerprint density at radius 1 is 1.11 bits per heavy atom. The van der Waals surface area contributed by atoms with Gasteiger partial charge in [-0.25, -0.2) is 14.1 Å². The summed E-state index contributed by atoms with van der Waals surface area (Å²) in [5.41, 5.74) is 1.42. The van der Waals surface area contributed by atoms with Gasteiger partial charge in [0, 0.05) is 3.57 Å². The molecule has 0 aliphatic carbocycles. The van der Waals surface area contributed by atoms with Crippen LogP contribution < -0.4 is 15.4 Å². The summed E-state index contributed by atoms with van der Waals surface area (Å²) >= 11 is 1.96. The van der Waals surface area contributed by atoms with Crippen LogP contribution in [0.25, 0.3) is 0 Å². The van der Waals surface area contributed by atoms with Crippen molar-refractivity contribution in [3.05, 3.63) is 93.3 Å². The van der Waals surface area contributed by atoms with E-state index in [-0.39, 0.29) is 25.3 Å². The van der Waals surface area contributed by atoms with Gasteiger partial charge in [0.2, 0.25) is 5.91 Å². The van der Waals surface area contributed by atoms with E-state index in [1.807, 2.05) is 52.9 Å². The Bertz CT molecular complexity index is 1270. The zero-order valence-corrected chi connectivity index (χ0v) is 21.9. The maximum atomic E-state index is 14.4. The van der Waals surface area contributed by atoms with Gasteiger partial charge in [-0.1, -0.05) is 42.5 Å². The number of amides is 4. The van der Waals surface area contributed by atoms with Gasteiger partial charge >= 0.3 is 6.03 Å². The van der Waals surface area contributed by atoms with Crippen molar-refractivity contribution in [2.45, 2.75) is 24.9 Å². The van der Waals surface area contributed by atoms with Gasteiger partial charge in [0.05, 0.1) is 12.3 Å². The van der Waals surface area contributed by atoms with Gasteiger partial charge < -0.3 is 20.5 Å². The van der Waals surface area contributed by atoms with Crippen LogP contribution in [-0.2, 0) is 16.0 Å². The number of anilines is 1. The monoisotopic (exact) mass is 617 g/mol. The number of aliphatic hydroxyl groups excluding tert-OH is 1. The van der Waals surface area contributed by atoms with Crippen LogP contribution in [0.15, 0.2) is 72.8 Å². The number of rotatable bonds is 10. The number of nitrogens with zero attached hydrogens (tertiary/aromatic N) is 1. The van der Waals surface area contributed by atoms with Crippen molar-refractivity contribution < 1.29 is 28.6 Å². The SMILES string of the molecule is O=C(Nc1ccc(I)cc1F)C(CCc1ccccc1)N1C(=O)N[C@H](c2ccc(OCCO)cc2)C1=O. The molecule has 1 aliphatic rings. The van der Waals surface area contributed by atoms with Crippen molar-refractivity contribution in [1.29, 1.82) is 0 Å². The first-order chi connectivity index (χ1) is 17.9. The lowest BCUT2D eigenvalue weighted by atomic mass is 10.0. The summed E-state index contributed by atoms with van der Waals surface area (Å²) in [7, 11) is 0. The van der Waals surface area contributed by atoms with E-state index < -0.39 is 35.7 Å². The number of carbonyl (C=O) groups excluding carboxylic acids is 3. The van der Waals surface area contributed by atoms with Crippen LogP contribution in [-0.4, -0.2) is 47.1 Å². The minimum Gasteiger partial charge on any atom is -0.491 e. The fraction of sp³-hybridized carbons (Fsp3) is 0.222. The van der Waals surface area contributed by atoms with Crippen molar-refractivity contribution in [1.82, 2.24) is 10.2 Å². The van der Waals surface area contributed by atoms with Crippen LogP contribution in [0.1, 0.15) is 23.6 Å². The molecule has 0 bridgehead atoms. The number of ether oxygens (including phenoxy) is 1. The highest BCUT2D eigenvalue weighted by Gasteiger charge is 2.45. The maximum Gasteiger partial charge on any atom is 0.325 e. The second kappa shape index (κ2) is 12.2. The van der Waals surface area contributed by atoms with Crippen LogP contribution in [0, 0.1) is 9.39 Å². The number of nitrogens with one attached hydrogen (secondary N) is 2. The van der Waals surface area contributed by atoms with Gasteiger partial charge in [0.15, 0.2) is 0 Å². The van der Waals surface area contributed by atoms with Crippen LogP contribution in [0.3, 0.4) is 0 Å². The van der Waals surface area contributed by atoms with Gasteiger partial charge in [-0.15, -0.1) is 0 Å². The van der Waals surface area contributed by atoms with E-state index in [1.54, 1.807) is 30.3 Å². The van der Waals surface area contributed by atoms with Crippen molar-refractivity contribution in [2.75, 3.05) is 18.5 Å². The van der Waals surface area contributed by atoms with Crippen molar-refractivity contribution >= 4 is 46.1 Å². The highest BCUT2D eigenvalue weighted by molar-refractivity contribution is 14.1. The molecule has 4 rings (SSSR count). The zero-order chi connectivity index (χ0) is 26.4. The molecule has 3 aromatic carbocycles. The summed E-state index contributed by atoms with van der Waals surface area (Å²) < 4.78 is 20.5. The first-order valence-electron chi connectivity index (χ1n) is 11.6. The molecule has 1 fully saturated rings. The Labute approximate surface area is 227 Å². The minimum atomic E-state index is -1.16. The van der Waals surface area contributed by atoms with Crippen LogP contribution >= 0.6 is 22.6 Å². The summed E-state index contributed by atoms with van der Waals surface area (Å²) in [6.07, 6.45) is 0.578. The second-order valence-corrected chi connectivity index (χ2v) is 9.63. The van der Waals surface area contributed by atoms with E-state index >= 15 is 0 Å². The highest BCUT2D eigenvalue weighted by Crippen LogP contribution is 2.28. The van der Waals surface area contributed by atoms with E-state index in [4.69, 9.17) is 9.84 Å². The third-order valence-corrected chi connectivity index (χ3v) is 6.57. The number of carbonyl (C=O) groups is 3. The van der Waals surface area contributed by atoms with E-state index in [0.29, 0.717) is 21.3 Å². The highest BCUT2D eigenvalue weighted by atomic mass is 127. The summed E-state index contributed by atoms with van der Waals surface area (Å²) in [5.74, 6) is -1.34. The van der Waals surface area contributed by atoms with Gasteiger partial charge in [0.1, 0.15) is 30.3 Å². The quantitative estimate of drug-likeness (QED) is 0.235. The molecule has 4 amide bonds. The van der Waals surface area contributed by atoms with Crippen LogP contribution in [0.4, 0.5) is 14.9 Å². The number of hydrogen-bond donors (Lipinski definition) is 3. The minimum absolute atomic E-state index is 0.0304.